The summed E-state index contributed by atoms with van der Waals surface area (Å²) in [5.74, 6) is 0.541. The van der Waals surface area contributed by atoms with Gasteiger partial charge in [-0.15, -0.1) is 0 Å². The van der Waals surface area contributed by atoms with Crippen LogP contribution in [0, 0.1) is 0 Å². The summed E-state index contributed by atoms with van der Waals surface area (Å²) in [6.45, 7) is 0. The Morgan fingerprint density at radius 1 is 0.950 bits per heavy atom. The Hall–Kier alpha value is -1.68. The van der Waals surface area contributed by atoms with Crippen LogP contribution in [0.3, 0.4) is 0 Å². The van der Waals surface area contributed by atoms with Gasteiger partial charge in [-0.3, -0.25) is 0 Å². The summed E-state index contributed by atoms with van der Waals surface area (Å²) in [6, 6.07) is 2.41. The van der Waals surface area contributed by atoms with Crippen molar-refractivity contribution in [2.24, 2.45) is 0 Å². The van der Waals surface area contributed by atoms with E-state index in [0.717, 1.165) is 12.8 Å². The van der Waals surface area contributed by atoms with Crippen LogP contribution in [0.25, 0.3) is 0 Å². The van der Waals surface area contributed by atoms with Gasteiger partial charge in [0.15, 0.2) is 0 Å². The predicted molar refractivity (Wildman–Crippen MR) is 78.6 cm³/mol. The van der Waals surface area contributed by atoms with Crippen LogP contribution in [-0.2, 0) is 25.7 Å². The normalized spacial score (nSPS) is 16.1. The van der Waals surface area contributed by atoms with Crippen LogP contribution in [0.15, 0.2) is 12.4 Å². The number of nitrogens with zero attached hydrogens (tertiary/aromatic N) is 3. The van der Waals surface area contributed by atoms with Crippen molar-refractivity contribution in [1.29, 1.82) is 0 Å². The highest BCUT2D eigenvalue weighted by atomic mass is 35.5. The van der Waals surface area contributed by atoms with Gasteiger partial charge in [-0.05, 0) is 72.4 Å². The molecule has 20 heavy (non-hydrogen) atoms. The molecule has 0 radical (unpaired) electrons. The molecule has 2 aliphatic carbocycles. The van der Waals surface area contributed by atoms with Crippen LogP contribution in [0.5, 0.6) is 0 Å². The van der Waals surface area contributed by atoms with Crippen LogP contribution in [0.2, 0.25) is 5.28 Å². The van der Waals surface area contributed by atoms with Crippen molar-refractivity contribution >= 4 is 23.2 Å². The van der Waals surface area contributed by atoms with Gasteiger partial charge in [0.2, 0.25) is 11.2 Å². The van der Waals surface area contributed by atoms with Gasteiger partial charge < -0.3 is 5.32 Å². The lowest BCUT2D eigenvalue weighted by Gasteiger charge is -2.15. The fraction of sp³-hybridized carbons (Fsp3) is 0.400. The molecule has 2 aliphatic rings. The zero-order valence-electron chi connectivity index (χ0n) is 11.1. The maximum atomic E-state index is 5.84. The SMILES string of the molecule is Clc1ncnc(Nc2c3c(cc4c2CCC4)CCC3)n1. The lowest BCUT2D eigenvalue weighted by Crippen LogP contribution is -2.04. The lowest BCUT2D eigenvalue weighted by molar-refractivity contribution is 0.897. The number of rotatable bonds is 2. The van der Waals surface area contributed by atoms with E-state index in [1.165, 1.54) is 60.0 Å². The molecule has 1 aromatic carbocycles. The van der Waals surface area contributed by atoms with Gasteiger partial charge in [-0.2, -0.15) is 4.98 Å². The minimum absolute atomic E-state index is 0.228. The molecule has 0 amide bonds. The first-order valence-corrected chi connectivity index (χ1v) is 7.47. The predicted octanol–water partition coefficient (Wildman–Crippen LogP) is 3.25. The quantitative estimate of drug-likeness (QED) is 0.921. The Balaban J connectivity index is 1.81. The third kappa shape index (κ3) is 1.95. The van der Waals surface area contributed by atoms with Crippen molar-refractivity contribution in [2.45, 2.75) is 38.5 Å². The highest BCUT2D eigenvalue weighted by molar-refractivity contribution is 6.28. The van der Waals surface area contributed by atoms with Gasteiger partial charge in [0.1, 0.15) is 6.33 Å². The molecule has 0 atom stereocenters. The maximum absolute atomic E-state index is 5.84. The van der Waals surface area contributed by atoms with E-state index in [2.05, 4.69) is 26.3 Å². The third-order valence-electron chi connectivity index (χ3n) is 4.25. The van der Waals surface area contributed by atoms with E-state index in [4.69, 9.17) is 11.6 Å². The zero-order valence-corrected chi connectivity index (χ0v) is 11.9. The van der Waals surface area contributed by atoms with Gasteiger partial charge in [-0.25, -0.2) is 9.97 Å². The topological polar surface area (TPSA) is 50.7 Å². The molecule has 0 aliphatic heterocycles. The van der Waals surface area contributed by atoms with Crippen LogP contribution in [0.1, 0.15) is 35.1 Å². The molecule has 102 valence electrons. The first-order valence-electron chi connectivity index (χ1n) is 7.09. The highest BCUT2D eigenvalue weighted by Gasteiger charge is 2.24. The van der Waals surface area contributed by atoms with Crippen LogP contribution < -0.4 is 5.32 Å². The molecule has 1 N–H and O–H groups in total. The van der Waals surface area contributed by atoms with Crippen molar-refractivity contribution in [2.75, 3.05) is 5.32 Å². The summed E-state index contributed by atoms with van der Waals surface area (Å²) in [5, 5.41) is 3.63. The van der Waals surface area contributed by atoms with E-state index in [1.54, 1.807) is 0 Å². The summed E-state index contributed by atoms with van der Waals surface area (Å²) < 4.78 is 0. The van der Waals surface area contributed by atoms with Crippen molar-refractivity contribution in [3.8, 4) is 0 Å². The average Bonchev–Trinajstić information content (AvgIpc) is 3.06. The summed E-state index contributed by atoms with van der Waals surface area (Å²) in [5.41, 5.74) is 7.11. The van der Waals surface area contributed by atoms with Crippen molar-refractivity contribution in [1.82, 2.24) is 15.0 Å². The second-order valence-electron chi connectivity index (χ2n) is 5.44. The van der Waals surface area contributed by atoms with Gasteiger partial charge in [0.05, 0.1) is 0 Å². The molecule has 2 aromatic rings. The summed E-state index contributed by atoms with van der Waals surface area (Å²) in [6.07, 6.45) is 8.59. The van der Waals surface area contributed by atoms with Crippen LogP contribution >= 0.6 is 11.6 Å². The molecule has 4 nitrogen and oxygen atoms in total. The van der Waals surface area contributed by atoms with Crippen molar-refractivity contribution in [3.63, 3.8) is 0 Å². The number of fused-ring (bicyclic) bond motifs is 2. The van der Waals surface area contributed by atoms with E-state index >= 15 is 0 Å². The second-order valence-corrected chi connectivity index (χ2v) is 5.78. The average molecular weight is 287 g/mol. The molecule has 1 heterocycles. The third-order valence-corrected chi connectivity index (χ3v) is 4.43. The standard InChI is InChI=1S/C15H15ClN4/c16-14-17-8-18-15(20-14)19-13-11-5-1-3-9(11)7-10-4-2-6-12(10)13/h7-8H,1-6H2,(H,17,18,19,20). The summed E-state index contributed by atoms with van der Waals surface area (Å²) >= 11 is 5.84. The number of halogens is 1. The molecule has 0 spiro atoms. The first-order chi connectivity index (χ1) is 9.81. The van der Waals surface area contributed by atoms with E-state index < -0.39 is 0 Å². The molecule has 0 bridgehead atoms. The number of benzene rings is 1. The van der Waals surface area contributed by atoms with E-state index in [1.807, 2.05) is 0 Å². The Morgan fingerprint density at radius 2 is 1.65 bits per heavy atom. The first kappa shape index (κ1) is 12.1. The molecule has 4 rings (SSSR count). The van der Waals surface area contributed by atoms with E-state index in [-0.39, 0.29) is 5.28 Å². The van der Waals surface area contributed by atoms with E-state index in [9.17, 15) is 0 Å². The Bertz CT molecular complexity index is 652. The number of hydrogen-bond donors (Lipinski definition) is 1. The van der Waals surface area contributed by atoms with Crippen LogP contribution in [-0.4, -0.2) is 15.0 Å². The fourth-order valence-electron chi connectivity index (χ4n) is 3.42. The summed E-state index contributed by atoms with van der Waals surface area (Å²) in [7, 11) is 0. The van der Waals surface area contributed by atoms with Crippen molar-refractivity contribution in [3.05, 3.63) is 39.9 Å². The van der Waals surface area contributed by atoms with Gasteiger partial charge in [0, 0.05) is 5.69 Å². The monoisotopic (exact) mass is 286 g/mol. The number of aromatic nitrogens is 3. The number of nitrogens with one attached hydrogen (secondary N) is 1. The molecule has 0 saturated carbocycles. The largest absolute Gasteiger partial charge is 0.324 e. The zero-order chi connectivity index (χ0) is 13.5. The molecule has 5 heteroatoms. The Kier molecular flexibility index (Phi) is 2.84. The number of hydrogen-bond acceptors (Lipinski definition) is 4. The molecule has 0 saturated heterocycles. The molecule has 0 fully saturated rings. The molecular weight excluding hydrogens is 272 g/mol. The van der Waals surface area contributed by atoms with Gasteiger partial charge in [-0.1, -0.05) is 6.07 Å². The molecule has 0 unspecified atom stereocenters. The summed E-state index contributed by atoms with van der Waals surface area (Å²) in [4.78, 5) is 12.1. The minimum atomic E-state index is 0.228. The lowest BCUT2D eigenvalue weighted by atomic mass is 9.99. The van der Waals surface area contributed by atoms with E-state index in [0.29, 0.717) is 5.95 Å². The fourth-order valence-corrected chi connectivity index (χ4v) is 3.54. The van der Waals surface area contributed by atoms with Gasteiger partial charge in [0.25, 0.3) is 0 Å². The number of anilines is 2. The highest BCUT2D eigenvalue weighted by Crippen LogP contribution is 2.39. The minimum Gasteiger partial charge on any atom is -0.324 e. The second kappa shape index (κ2) is 4.70. The van der Waals surface area contributed by atoms with Crippen molar-refractivity contribution < 1.29 is 0 Å². The smallest absolute Gasteiger partial charge is 0.231 e. The van der Waals surface area contributed by atoms with Crippen LogP contribution in [0.4, 0.5) is 11.6 Å². The number of aryl methyl sites for hydroxylation is 2. The maximum Gasteiger partial charge on any atom is 0.231 e. The Labute approximate surface area is 122 Å². The van der Waals surface area contributed by atoms with Gasteiger partial charge >= 0.3 is 0 Å². The molecular formula is C15H15ClN4. The molecule has 1 aromatic heterocycles. The Morgan fingerprint density at radius 3 is 2.30 bits per heavy atom.